The lowest BCUT2D eigenvalue weighted by atomic mass is 10.1. The van der Waals surface area contributed by atoms with Crippen molar-refractivity contribution in [3.8, 4) is 17.1 Å². The Labute approximate surface area is 189 Å². The number of benzene rings is 2. The van der Waals surface area contributed by atoms with E-state index in [-0.39, 0.29) is 11.7 Å². The Bertz CT molecular complexity index is 1410. The molecule has 0 amide bonds. The molecule has 0 saturated heterocycles. The van der Waals surface area contributed by atoms with Crippen LogP contribution in [0.1, 0.15) is 21.8 Å². The monoisotopic (exact) mass is 443 g/mol. The highest BCUT2D eigenvalue weighted by Crippen LogP contribution is 2.29. The first-order valence-electron chi connectivity index (χ1n) is 9.94. The number of methoxy groups -OCH3 is 1. The van der Waals surface area contributed by atoms with Crippen molar-refractivity contribution in [2.75, 3.05) is 7.11 Å². The SMILES string of the molecule is COc1ccc2c(c1)c(C(=O)c1ncc(-c3cccnc3)o1)cn2Cc1ccc(Cl)cc1. The number of fused-ring (bicyclic) bond motifs is 1. The van der Waals surface area contributed by atoms with Crippen LogP contribution in [0, 0.1) is 0 Å². The Morgan fingerprint density at radius 2 is 1.97 bits per heavy atom. The van der Waals surface area contributed by atoms with Crippen molar-refractivity contribution in [2.45, 2.75) is 6.54 Å². The van der Waals surface area contributed by atoms with Crippen LogP contribution in [-0.4, -0.2) is 27.4 Å². The van der Waals surface area contributed by atoms with E-state index in [2.05, 4.69) is 9.97 Å². The molecule has 158 valence electrons. The zero-order valence-electron chi connectivity index (χ0n) is 17.2. The number of rotatable bonds is 6. The smallest absolute Gasteiger partial charge is 0.268 e. The quantitative estimate of drug-likeness (QED) is 0.318. The molecule has 0 saturated carbocycles. The number of hydrogen-bond donors (Lipinski definition) is 0. The molecule has 0 atom stereocenters. The molecular weight excluding hydrogens is 426 g/mol. The first-order chi connectivity index (χ1) is 15.6. The van der Waals surface area contributed by atoms with Gasteiger partial charge in [0, 0.05) is 46.6 Å². The number of ketones is 1. The maximum absolute atomic E-state index is 13.4. The second-order valence-electron chi connectivity index (χ2n) is 7.28. The first-order valence-corrected chi connectivity index (χ1v) is 10.3. The van der Waals surface area contributed by atoms with Crippen molar-refractivity contribution in [1.29, 1.82) is 0 Å². The van der Waals surface area contributed by atoms with Crippen molar-refractivity contribution in [3.63, 3.8) is 0 Å². The fourth-order valence-corrected chi connectivity index (χ4v) is 3.76. The third kappa shape index (κ3) is 3.76. The minimum Gasteiger partial charge on any atom is -0.497 e. The van der Waals surface area contributed by atoms with Crippen molar-refractivity contribution in [1.82, 2.24) is 14.5 Å². The molecule has 3 heterocycles. The van der Waals surface area contributed by atoms with Gasteiger partial charge in [0.05, 0.1) is 18.9 Å². The number of hydrogen-bond acceptors (Lipinski definition) is 5. The molecule has 0 aliphatic heterocycles. The molecule has 0 unspecified atom stereocenters. The minimum atomic E-state index is -0.298. The van der Waals surface area contributed by atoms with Gasteiger partial charge in [-0.3, -0.25) is 9.78 Å². The Kier molecular flexibility index (Phi) is 5.21. The highest BCUT2D eigenvalue weighted by atomic mass is 35.5. The molecule has 5 rings (SSSR count). The average Bonchev–Trinajstić information content (AvgIpc) is 3.46. The summed E-state index contributed by atoms with van der Waals surface area (Å²) in [4.78, 5) is 21.7. The summed E-state index contributed by atoms with van der Waals surface area (Å²) in [6.07, 6.45) is 6.71. The Morgan fingerprint density at radius 1 is 1.12 bits per heavy atom. The molecule has 0 spiro atoms. The van der Waals surface area contributed by atoms with Crippen LogP contribution in [0.3, 0.4) is 0 Å². The summed E-state index contributed by atoms with van der Waals surface area (Å²) in [5.74, 6) is 0.883. The fourth-order valence-electron chi connectivity index (χ4n) is 3.64. The molecule has 0 aliphatic carbocycles. The van der Waals surface area contributed by atoms with Gasteiger partial charge in [-0.1, -0.05) is 23.7 Å². The number of pyridine rings is 1. The highest BCUT2D eigenvalue weighted by molar-refractivity contribution is 6.30. The Morgan fingerprint density at radius 3 is 2.72 bits per heavy atom. The molecule has 0 fully saturated rings. The predicted octanol–water partition coefficient (Wildman–Crippen LogP) is 5.63. The normalized spacial score (nSPS) is 11.1. The standard InChI is InChI=1S/C25H18ClN3O3/c1-31-19-8-9-22-20(11-19)21(15-29(22)14-16-4-6-18(26)7-5-16)24(30)25-28-13-23(32-25)17-3-2-10-27-12-17/h2-13,15H,14H2,1H3. The molecule has 0 aliphatic rings. The average molecular weight is 444 g/mol. The van der Waals surface area contributed by atoms with Gasteiger partial charge in [0.25, 0.3) is 5.89 Å². The lowest BCUT2D eigenvalue weighted by Gasteiger charge is -2.06. The zero-order chi connectivity index (χ0) is 22.1. The van der Waals surface area contributed by atoms with Gasteiger partial charge in [0.15, 0.2) is 5.76 Å². The summed E-state index contributed by atoms with van der Waals surface area (Å²) in [6.45, 7) is 0.583. The first kappa shape index (κ1) is 20.0. The fraction of sp³-hybridized carbons (Fsp3) is 0.0800. The van der Waals surface area contributed by atoms with E-state index in [9.17, 15) is 4.79 Å². The molecule has 32 heavy (non-hydrogen) atoms. The summed E-state index contributed by atoms with van der Waals surface area (Å²) < 4.78 is 13.2. The zero-order valence-corrected chi connectivity index (χ0v) is 17.9. The molecule has 3 aromatic heterocycles. The van der Waals surface area contributed by atoms with Crippen LogP contribution in [0.2, 0.25) is 5.02 Å². The van der Waals surface area contributed by atoms with Crippen LogP contribution in [-0.2, 0) is 6.54 Å². The van der Waals surface area contributed by atoms with Crippen molar-refractivity contribution < 1.29 is 13.9 Å². The van der Waals surface area contributed by atoms with Crippen LogP contribution >= 0.6 is 11.6 Å². The number of nitrogens with zero attached hydrogens (tertiary/aromatic N) is 3. The summed E-state index contributed by atoms with van der Waals surface area (Å²) >= 11 is 6.02. The molecule has 0 bridgehead atoms. The van der Waals surface area contributed by atoms with Crippen molar-refractivity contribution >= 4 is 28.3 Å². The highest BCUT2D eigenvalue weighted by Gasteiger charge is 2.22. The van der Waals surface area contributed by atoms with Crippen molar-refractivity contribution in [2.24, 2.45) is 0 Å². The van der Waals surface area contributed by atoms with Gasteiger partial charge >= 0.3 is 0 Å². The topological polar surface area (TPSA) is 70.2 Å². The van der Waals surface area contributed by atoms with Crippen LogP contribution in [0.15, 0.2) is 83.8 Å². The molecule has 2 aromatic carbocycles. The van der Waals surface area contributed by atoms with Gasteiger partial charge < -0.3 is 13.7 Å². The Hall–Kier alpha value is -3.90. The van der Waals surface area contributed by atoms with Crippen LogP contribution in [0.25, 0.3) is 22.2 Å². The predicted molar refractivity (Wildman–Crippen MR) is 122 cm³/mol. The third-order valence-corrected chi connectivity index (χ3v) is 5.50. The molecular formula is C25H18ClN3O3. The van der Waals surface area contributed by atoms with Crippen LogP contribution < -0.4 is 4.74 Å². The lowest BCUT2D eigenvalue weighted by Crippen LogP contribution is -2.01. The number of carbonyl (C=O) groups excluding carboxylic acids is 1. The van der Waals surface area contributed by atoms with Crippen LogP contribution in [0.5, 0.6) is 5.75 Å². The van der Waals surface area contributed by atoms with E-state index in [1.54, 1.807) is 25.6 Å². The molecule has 7 heteroatoms. The van der Waals surface area contributed by atoms with E-state index in [1.165, 1.54) is 6.20 Å². The van der Waals surface area contributed by atoms with Gasteiger partial charge in [-0.05, 0) is 48.0 Å². The molecule has 0 radical (unpaired) electrons. The van der Waals surface area contributed by atoms with E-state index in [0.29, 0.717) is 28.6 Å². The molecule has 5 aromatic rings. The maximum atomic E-state index is 13.4. The minimum absolute atomic E-state index is 0.0252. The Balaban J connectivity index is 1.56. The molecule has 0 N–H and O–H groups in total. The van der Waals surface area contributed by atoms with E-state index in [1.807, 2.05) is 59.3 Å². The van der Waals surface area contributed by atoms with Gasteiger partial charge in [-0.15, -0.1) is 0 Å². The maximum Gasteiger partial charge on any atom is 0.268 e. The summed E-state index contributed by atoms with van der Waals surface area (Å²) in [7, 11) is 1.60. The van der Waals surface area contributed by atoms with Gasteiger partial charge in [-0.25, -0.2) is 4.98 Å². The lowest BCUT2D eigenvalue weighted by molar-refractivity contribution is 0.100. The van der Waals surface area contributed by atoms with E-state index >= 15 is 0 Å². The van der Waals surface area contributed by atoms with E-state index in [0.717, 1.165) is 22.0 Å². The summed E-state index contributed by atoms with van der Waals surface area (Å²) in [5, 5.41) is 1.45. The number of carbonyl (C=O) groups is 1. The number of aromatic nitrogens is 3. The number of ether oxygens (including phenoxy) is 1. The van der Waals surface area contributed by atoms with Gasteiger partial charge in [0.2, 0.25) is 5.78 Å². The van der Waals surface area contributed by atoms with E-state index in [4.69, 9.17) is 20.8 Å². The van der Waals surface area contributed by atoms with Gasteiger partial charge in [-0.2, -0.15) is 0 Å². The second-order valence-corrected chi connectivity index (χ2v) is 7.72. The third-order valence-electron chi connectivity index (χ3n) is 5.25. The van der Waals surface area contributed by atoms with Crippen LogP contribution in [0.4, 0.5) is 0 Å². The van der Waals surface area contributed by atoms with Gasteiger partial charge in [0.1, 0.15) is 5.75 Å². The summed E-state index contributed by atoms with van der Waals surface area (Å²) in [6, 6.07) is 17.0. The second kappa shape index (κ2) is 8.32. The molecule has 6 nitrogen and oxygen atoms in total. The van der Waals surface area contributed by atoms with E-state index < -0.39 is 0 Å². The largest absolute Gasteiger partial charge is 0.497 e. The number of halogens is 1. The van der Waals surface area contributed by atoms with Crippen molar-refractivity contribution in [3.05, 3.63) is 101 Å². The number of oxazole rings is 1. The summed E-state index contributed by atoms with van der Waals surface area (Å²) in [5.41, 5.74) is 3.22.